The van der Waals surface area contributed by atoms with Gasteiger partial charge in [-0.1, -0.05) is 0 Å². The first kappa shape index (κ1) is 17.9. The van der Waals surface area contributed by atoms with E-state index in [1.807, 2.05) is 0 Å². The average Bonchev–Trinajstić information content (AvgIpc) is 3.38. The monoisotopic (exact) mass is 365 g/mol. The molecular weight excluding hydrogens is 347 g/mol. The molecule has 0 unspecified atom stereocenters. The van der Waals surface area contributed by atoms with E-state index in [1.165, 1.54) is 7.11 Å². The highest BCUT2D eigenvalue weighted by atomic mass is 19.2. The molecule has 1 aliphatic rings. The van der Waals surface area contributed by atoms with Crippen LogP contribution in [0.15, 0.2) is 35.3 Å². The van der Waals surface area contributed by atoms with Gasteiger partial charge < -0.3 is 20.5 Å². The number of ether oxygens (including phenoxy) is 2. The Bertz CT molecular complexity index is 835. The van der Waals surface area contributed by atoms with Crippen molar-refractivity contribution < 1.29 is 22.6 Å². The van der Waals surface area contributed by atoms with E-state index in [2.05, 4.69) is 10.3 Å². The van der Waals surface area contributed by atoms with Crippen LogP contribution >= 0.6 is 0 Å². The van der Waals surface area contributed by atoms with Gasteiger partial charge in [0.15, 0.2) is 23.4 Å². The van der Waals surface area contributed by atoms with Gasteiger partial charge in [-0.3, -0.25) is 0 Å². The first-order chi connectivity index (χ1) is 12.4. The standard InChI is InChI=1S/C18H18F3N3O2/c1-25-10-3-4-16(26-2)15(7-10)24-18(22)23-14-8-11(14)9-5-12(19)17(21)13(20)6-9/h3-7,11,14H,8H2,1-2H3,(H3,22,23,24)/t11-,14+/m0/s1. The van der Waals surface area contributed by atoms with E-state index >= 15 is 0 Å². The lowest BCUT2D eigenvalue weighted by Gasteiger charge is -2.12. The number of guanidine groups is 1. The fourth-order valence-electron chi connectivity index (χ4n) is 2.73. The van der Waals surface area contributed by atoms with Crippen molar-refractivity contribution in [3.63, 3.8) is 0 Å². The number of benzene rings is 2. The summed E-state index contributed by atoms with van der Waals surface area (Å²) in [4.78, 5) is 4.30. The molecule has 2 aromatic rings. The lowest BCUT2D eigenvalue weighted by molar-refractivity contribution is 0.405. The minimum atomic E-state index is -1.47. The Morgan fingerprint density at radius 3 is 2.42 bits per heavy atom. The van der Waals surface area contributed by atoms with Crippen molar-refractivity contribution in [3.05, 3.63) is 53.3 Å². The highest BCUT2D eigenvalue weighted by molar-refractivity contribution is 5.94. The number of nitrogens with two attached hydrogens (primary N) is 1. The molecule has 0 heterocycles. The van der Waals surface area contributed by atoms with Crippen molar-refractivity contribution >= 4 is 11.6 Å². The van der Waals surface area contributed by atoms with Gasteiger partial charge in [0.25, 0.3) is 0 Å². The van der Waals surface area contributed by atoms with Gasteiger partial charge in [-0.25, -0.2) is 18.2 Å². The Hall–Kier alpha value is -2.90. The predicted octanol–water partition coefficient (Wildman–Crippen LogP) is 3.40. The third kappa shape index (κ3) is 3.68. The largest absolute Gasteiger partial charge is 0.497 e. The molecule has 5 nitrogen and oxygen atoms in total. The summed E-state index contributed by atoms with van der Waals surface area (Å²) in [6.45, 7) is 0. The lowest BCUT2D eigenvalue weighted by Crippen LogP contribution is -2.23. The van der Waals surface area contributed by atoms with E-state index < -0.39 is 17.5 Å². The first-order valence-corrected chi connectivity index (χ1v) is 7.89. The SMILES string of the molecule is COc1ccc(OC)c(NC(N)=N[C@@H]2C[C@H]2c2cc(F)c(F)c(F)c2)c1. The molecule has 0 aliphatic heterocycles. The second-order valence-corrected chi connectivity index (χ2v) is 5.91. The number of nitrogens with one attached hydrogen (secondary N) is 1. The molecule has 2 aromatic carbocycles. The van der Waals surface area contributed by atoms with E-state index in [-0.39, 0.29) is 17.9 Å². The van der Waals surface area contributed by atoms with Crippen LogP contribution < -0.4 is 20.5 Å². The zero-order valence-electron chi connectivity index (χ0n) is 14.2. The minimum absolute atomic E-state index is 0.132. The van der Waals surface area contributed by atoms with Crippen LogP contribution in [0.4, 0.5) is 18.9 Å². The quantitative estimate of drug-likeness (QED) is 0.484. The maximum atomic E-state index is 13.3. The maximum Gasteiger partial charge on any atom is 0.194 e. The molecule has 1 aliphatic carbocycles. The zero-order chi connectivity index (χ0) is 18.8. The molecule has 0 spiro atoms. The van der Waals surface area contributed by atoms with Crippen LogP contribution in [0.1, 0.15) is 17.9 Å². The zero-order valence-corrected chi connectivity index (χ0v) is 14.2. The van der Waals surface area contributed by atoms with E-state index in [4.69, 9.17) is 15.2 Å². The van der Waals surface area contributed by atoms with E-state index in [9.17, 15) is 13.2 Å². The fraction of sp³-hybridized carbons (Fsp3) is 0.278. The van der Waals surface area contributed by atoms with Crippen LogP contribution in [-0.2, 0) is 0 Å². The number of anilines is 1. The molecule has 0 bridgehead atoms. The van der Waals surface area contributed by atoms with Crippen molar-refractivity contribution in [1.82, 2.24) is 0 Å². The third-order valence-electron chi connectivity index (χ3n) is 4.17. The van der Waals surface area contributed by atoms with Crippen LogP contribution in [0.3, 0.4) is 0 Å². The molecule has 0 amide bonds. The Labute approximate surface area is 148 Å². The second-order valence-electron chi connectivity index (χ2n) is 5.91. The normalized spacial score (nSPS) is 19.2. The fourth-order valence-corrected chi connectivity index (χ4v) is 2.73. The highest BCUT2D eigenvalue weighted by Crippen LogP contribution is 2.44. The summed E-state index contributed by atoms with van der Waals surface area (Å²) in [5.41, 5.74) is 6.86. The van der Waals surface area contributed by atoms with Crippen LogP contribution in [0, 0.1) is 17.5 Å². The van der Waals surface area contributed by atoms with Crippen molar-refractivity contribution in [3.8, 4) is 11.5 Å². The summed E-state index contributed by atoms with van der Waals surface area (Å²) in [5, 5.41) is 2.93. The minimum Gasteiger partial charge on any atom is -0.497 e. The van der Waals surface area contributed by atoms with Crippen LogP contribution in [0.25, 0.3) is 0 Å². The van der Waals surface area contributed by atoms with Crippen molar-refractivity contribution in [2.24, 2.45) is 10.7 Å². The second kappa shape index (κ2) is 7.15. The third-order valence-corrected chi connectivity index (χ3v) is 4.17. The molecule has 138 valence electrons. The van der Waals surface area contributed by atoms with Gasteiger partial charge in [0.1, 0.15) is 11.5 Å². The topological polar surface area (TPSA) is 68.9 Å². The summed E-state index contributed by atoms with van der Waals surface area (Å²) < 4.78 is 50.1. The van der Waals surface area contributed by atoms with Gasteiger partial charge >= 0.3 is 0 Å². The van der Waals surface area contributed by atoms with Gasteiger partial charge in [-0.05, 0) is 36.2 Å². The summed E-state index contributed by atoms with van der Waals surface area (Å²) in [5.74, 6) is -2.79. The van der Waals surface area contributed by atoms with Crippen LogP contribution in [0.2, 0.25) is 0 Å². The smallest absolute Gasteiger partial charge is 0.194 e. The molecule has 8 heteroatoms. The molecular formula is C18H18F3N3O2. The number of hydrogen-bond acceptors (Lipinski definition) is 3. The van der Waals surface area contributed by atoms with E-state index in [0.29, 0.717) is 29.2 Å². The summed E-state index contributed by atoms with van der Waals surface area (Å²) in [7, 11) is 3.06. The van der Waals surface area contributed by atoms with Crippen LogP contribution in [-0.4, -0.2) is 26.2 Å². The van der Waals surface area contributed by atoms with E-state index in [0.717, 1.165) is 12.1 Å². The molecule has 3 N–H and O–H groups in total. The maximum absolute atomic E-state index is 13.3. The highest BCUT2D eigenvalue weighted by Gasteiger charge is 2.39. The number of halogens is 3. The molecule has 26 heavy (non-hydrogen) atoms. The molecule has 1 saturated carbocycles. The van der Waals surface area contributed by atoms with Gasteiger partial charge in [0.05, 0.1) is 25.9 Å². The Balaban J connectivity index is 1.72. The van der Waals surface area contributed by atoms with Crippen molar-refractivity contribution in [1.29, 1.82) is 0 Å². The first-order valence-electron chi connectivity index (χ1n) is 7.89. The van der Waals surface area contributed by atoms with Crippen LogP contribution in [0.5, 0.6) is 11.5 Å². The molecule has 0 aromatic heterocycles. The van der Waals surface area contributed by atoms with Gasteiger partial charge in [0.2, 0.25) is 0 Å². The number of aliphatic imine (C=N–C) groups is 1. The predicted molar refractivity (Wildman–Crippen MR) is 92.3 cm³/mol. The molecule has 0 saturated heterocycles. The molecule has 3 rings (SSSR count). The van der Waals surface area contributed by atoms with Crippen molar-refractivity contribution in [2.75, 3.05) is 19.5 Å². The lowest BCUT2D eigenvalue weighted by atomic mass is 10.1. The number of nitrogens with zero attached hydrogens (tertiary/aromatic N) is 1. The van der Waals surface area contributed by atoms with Gasteiger partial charge in [0, 0.05) is 12.0 Å². The average molecular weight is 365 g/mol. The summed E-state index contributed by atoms with van der Waals surface area (Å²) >= 11 is 0. The Kier molecular flexibility index (Phi) is 4.92. The summed E-state index contributed by atoms with van der Waals surface area (Å²) in [6, 6.07) is 6.92. The van der Waals surface area contributed by atoms with Crippen molar-refractivity contribution in [2.45, 2.75) is 18.4 Å². The Morgan fingerprint density at radius 1 is 1.12 bits per heavy atom. The van der Waals surface area contributed by atoms with E-state index in [1.54, 1.807) is 25.3 Å². The molecule has 1 fully saturated rings. The number of rotatable bonds is 5. The van der Waals surface area contributed by atoms with Gasteiger partial charge in [-0.15, -0.1) is 0 Å². The molecule has 2 atom stereocenters. The number of hydrogen-bond donors (Lipinski definition) is 2. The molecule has 0 radical (unpaired) electrons. The van der Waals surface area contributed by atoms with Gasteiger partial charge in [-0.2, -0.15) is 0 Å². The Morgan fingerprint density at radius 2 is 1.81 bits per heavy atom. The summed E-state index contributed by atoms with van der Waals surface area (Å²) in [6.07, 6.45) is 0.572. The number of methoxy groups -OCH3 is 2.